The first-order valence-electron chi connectivity index (χ1n) is 7.76. The van der Waals surface area contributed by atoms with Crippen molar-refractivity contribution < 1.29 is 4.39 Å². The Kier molecular flexibility index (Phi) is 4.05. The van der Waals surface area contributed by atoms with Crippen LogP contribution in [-0.2, 0) is 6.42 Å². The predicted octanol–water partition coefficient (Wildman–Crippen LogP) is 4.44. The molecule has 3 rings (SSSR count). The van der Waals surface area contributed by atoms with Crippen LogP contribution in [0.4, 0.5) is 4.39 Å². The van der Waals surface area contributed by atoms with Crippen molar-refractivity contribution in [3.8, 4) is 0 Å². The first kappa shape index (κ1) is 14.3. The molecule has 110 valence electrons. The number of nitrogens with one attached hydrogen (secondary N) is 1. The Bertz CT molecular complexity index is 478. The van der Waals surface area contributed by atoms with Gasteiger partial charge in [-0.2, -0.15) is 0 Å². The Balaban J connectivity index is 1.71. The molecular weight excluding hydrogens is 273 g/mol. The number of benzene rings is 1. The number of rotatable bonds is 6. The maximum Gasteiger partial charge on any atom is 0.141 e. The summed E-state index contributed by atoms with van der Waals surface area (Å²) >= 11 is 5.92. The van der Waals surface area contributed by atoms with Crippen molar-refractivity contribution in [1.82, 2.24) is 5.32 Å². The zero-order chi connectivity index (χ0) is 14.2. The van der Waals surface area contributed by atoms with Crippen LogP contribution in [0.25, 0.3) is 0 Å². The first-order valence-corrected chi connectivity index (χ1v) is 8.14. The van der Waals surface area contributed by atoms with Gasteiger partial charge >= 0.3 is 0 Å². The molecular formula is C17H23ClFN. The molecule has 20 heavy (non-hydrogen) atoms. The summed E-state index contributed by atoms with van der Waals surface area (Å²) in [6, 6.07) is 5.20. The van der Waals surface area contributed by atoms with E-state index in [9.17, 15) is 4.39 Å². The van der Waals surface area contributed by atoms with E-state index in [2.05, 4.69) is 12.2 Å². The average molecular weight is 296 g/mol. The Hall–Kier alpha value is -0.600. The number of hydrogen-bond donors (Lipinski definition) is 1. The van der Waals surface area contributed by atoms with E-state index in [1.54, 1.807) is 0 Å². The molecule has 2 aliphatic carbocycles. The Morgan fingerprint density at radius 2 is 2.10 bits per heavy atom. The molecule has 2 fully saturated rings. The molecule has 1 aromatic rings. The molecule has 3 heteroatoms. The Morgan fingerprint density at radius 1 is 1.35 bits per heavy atom. The van der Waals surface area contributed by atoms with Crippen LogP contribution in [0.3, 0.4) is 0 Å². The maximum absolute atomic E-state index is 13.3. The molecule has 0 spiro atoms. The summed E-state index contributed by atoms with van der Waals surface area (Å²) in [6.45, 7) is 4.37. The molecule has 2 aliphatic rings. The second kappa shape index (κ2) is 5.65. The summed E-state index contributed by atoms with van der Waals surface area (Å²) < 4.78 is 13.3. The van der Waals surface area contributed by atoms with Gasteiger partial charge in [-0.25, -0.2) is 4.39 Å². The van der Waals surface area contributed by atoms with Gasteiger partial charge in [-0.1, -0.05) is 24.6 Å². The zero-order valence-electron chi connectivity index (χ0n) is 12.1. The van der Waals surface area contributed by atoms with Gasteiger partial charge in [0.05, 0.1) is 5.02 Å². The molecule has 0 aromatic heterocycles. The third-order valence-electron chi connectivity index (χ3n) is 4.95. The Labute approximate surface area is 125 Å². The molecule has 0 aliphatic heterocycles. The third kappa shape index (κ3) is 3.01. The quantitative estimate of drug-likeness (QED) is 0.765. The highest BCUT2D eigenvalue weighted by Crippen LogP contribution is 2.60. The van der Waals surface area contributed by atoms with Crippen LogP contribution >= 0.6 is 11.6 Å². The number of fused-ring (bicyclic) bond motifs is 1. The molecule has 0 saturated heterocycles. The molecule has 2 saturated carbocycles. The van der Waals surface area contributed by atoms with E-state index < -0.39 is 0 Å². The van der Waals surface area contributed by atoms with Crippen LogP contribution in [-0.4, -0.2) is 13.1 Å². The maximum atomic E-state index is 13.3. The largest absolute Gasteiger partial charge is 0.316 e. The van der Waals surface area contributed by atoms with E-state index in [1.807, 2.05) is 12.1 Å². The molecule has 0 radical (unpaired) electrons. The minimum absolute atomic E-state index is 0.252. The second-order valence-corrected chi connectivity index (χ2v) is 7.17. The van der Waals surface area contributed by atoms with Crippen LogP contribution in [0.5, 0.6) is 0 Å². The van der Waals surface area contributed by atoms with E-state index in [0.717, 1.165) is 31.3 Å². The minimum atomic E-state index is -0.317. The summed E-state index contributed by atoms with van der Waals surface area (Å²) in [5.41, 5.74) is 1.54. The highest BCUT2D eigenvalue weighted by Gasteiger charge is 2.53. The minimum Gasteiger partial charge on any atom is -0.316 e. The summed E-state index contributed by atoms with van der Waals surface area (Å²) in [4.78, 5) is 0. The summed E-state index contributed by atoms with van der Waals surface area (Å²) in [5.74, 6) is 1.59. The van der Waals surface area contributed by atoms with Gasteiger partial charge in [0.25, 0.3) is 0 Å². The van der Waals surface area contributed by atoms with Crippen molar-refractivity contribution in [2.24, 2.45) is 17.3 Å². The molecule has 2 unspecified atom stereocenters. The normalized spacial score (nSPS) is 31.4. The van der Waals surface area contributed by atoms with Crippen LogP contribution in [0.15, 0.2) is 18.2 Å². The molecule has 1 nitrogen and oxygen atoms in total. The molecule has 2 atom stereocenters. The van der Waals surface area contributed by atoms with Gasteiger partial charge in [0.15, 0.2) is 0 Å². The van der Waals surface area contributed by atoms with Crippen molar-refractivity contribution in [3.05, 3.63) is 34.6 Å². The van der Waals surface area contributed by atoms with Gasteiger partial charge in [0.1, 0.15) is 5.82 Å². The van der Waals surface area contributed by atoms with E-state index in [0.29, 0.717) is 5.41 Å². The lowest BCUT2D eigenvalue weighted by Crippen LogP contribution is -2.35. The van der Waals surface area contributed by atoms with Gasteiger partial charge in [-0.05, 0) is 73.6 Å². The van der Waals surface area contributed by atoms with Gasteiger partial charge in [-0.15, -0.1) is 0 Å². The molecule has 1 N–H and O–H groups in total. The standard InChI is InChI=1S/C17H23ClFN/c1-2-5-20-11-17(9-13-7-14(13)10-17)8-12-3-4-16(19)15(18)6-12/h3-4,6,13-14,20H,2,5,7-11H2,1H3. The Morgan fingerprint density at radius 3 is 2.75 bits per heavy atom. The van der Waals surface area contributed by atoms with Crippen LogP contribution in [0.1, 0.15) is 38.2 Å². The highest BCUT2D eigenvalue weighted by atomic mass is 35.5. The fourth-order valence-electron chi connectivity index (χ4n) is 3.97. The van der Waals surface area contributed by atoms with Crippen molar-refractivity contribution >= 4 is 11.6 Å². The highest BCUT2D eigenvalue weighted by molar-refractivity contribution is 6.30. The summed E-state index contributed by atoms with van der Waals surface area (Å²) in [6.07, 6.45) is 6.27. The smallest absolute Gasteiger partial charge is 0.141 e. The molecule has 0 amide bonds. The summed E-state index contributed by atoms with van der Waals surface area (Å²) in [7, 11) is 0. The van der Waals surface area contributed by atoms with Crippen molar-refractivity contribution in [1.29, 1.82) is 0 Å². The molecule has 0 heterocycles. The lowest BCUT2D eigenvalue weighted by Gasteiger charge is -2.31. The average Bonchev–Trinajstić information content (AvgIpc) is 3.03. The molecule has 0 bridgehead atoms. The van der Waals surface area contributed by atoms with Gasteiger partial charge < -0.3 is 5.32 Å². The van der Waals surface area contributed by atoms with Crippen LogP contribution in [0.2, 0.25) is 5.02 Å². The summed E-state index contributed by atoms with van der Waals surface area (Å²) in [5, 5.41) is 3.85. The topological polar surface area (TPSA) is 12.0 Å². The van der Waals surface area contributed by atoms with Gasteiger partial charge in [-0.3, -0.25) is 0 Å². The van der Waals surface area contributed by atoms with Crippen LogP contribution in [0, 0.1) is 23.1 Å². The van der Waals surface area contributed by atoms with Crippen molar-refractivity contribution in [2.75, 3.05) is 13.1 Å². The van der Waals surface area contributed by atoms with Crippen molar-refractivity contribution in [3.63, 3.8) is 0 Å². The first-order chi connectivity index (χ1) is 9.62. The van der Waals surface area contributed by atoms with E-state index in [-0.39, 0.29) is 10.8 Å². The predicted molar refractivity (Wildman–Crippen MR) is 81.5 cm³/mol. The SMILES string of the molecule is CCCNCC1(Cc2ccc(F)c(Cl)c2)CC2CC2C1. The zero-order valence-corrected chi connectivity index (χ0v) is 12.8. The second-order valence-electron chi connectivity index (χ2n) is 6.77. The number of halogens is 2. The van der Waals surface area contributed by atoms with Gasteiger partial charge in [0, 0.05) is 6.54 Å². The van der Waals surface area contributed by atoms with E-state index >= 15 is 0 Å². The lowest BCUT2D eigenvalue weighted by atomic mass is 9.77. The van der Waals surface area contributed by atoms with E-state index in [1.165, 1.54) is 37.3 Å². The lowest BCUT2D eigenvalue weighted by molar-refractivity contribution is 0.249. The van der Waals surface area contributed by atoms with E-state index in [4.69, 9.17) is 11.6 Å². The van der Waals surface area contributed by atoms with Gasteiger partial charge in [0.2, 0.25) is 0 Å². The van der Waals surface area contributed by atoms with Crippen LogP contribution < -0.4 is 5.32 Å². The number of hydrogen-bond acceptors (Lipinski definition) is 1. The fraction of sp³-hybridized carbons (Fsp3) is 0.647. The monoisotopic (exact) mass is 295 g/mol. The van der Waals surface area contributed by atoms with Crippen molar-refractivity contribution in [2.45, 2.75) is 39.0 Å². The fourth-order valence-corrected chi connectivity index (χ4v) is 4.17. The third-order valence-corrected chi connectivity index (χ3v) is 5.24. The molecule has 1 aromatic carbocycles.